The third-order valence-corrected chi connectivity index (χ3v) is 1.96. The van der Waals surface area contributed by atoms with Gasteiger partial charge in [0.25, 0.3) is 10.1 Å². The molecule has 0 amide bonds. The Morgan fingerprint density at radius 1 is 1.29 bits per heavy atom. The van der Waals surface area contributed by atoms with Crippen LogP contribution in [0.4, 0.5) is 0 Å². The van der Waals surface area contributed by atoms with Gasteiger partial charge in [0.15, 0.2) is 0 Å². The highest BCUT2D eigenvalue weighted by Crippen LogP contribution is 1.83. The first-order chi connectivity index (χ1) is 6.47. The first kappa shape index (κ1) is 15.8. The van der Waals surface area contributed by atoms with Crippen LogP contribution >= 0.6 is 0 Å². The Bertz CT molecular complexity index is 226. The van der Waals surface area contributed by atoms with Gasteiger partial charge in [0.05, 0.1) is 5.75 Å². The first-order valence-corrected chi connectivity index (χ1v) is 5.96. The zero-order valence-electron chi connectivity index (χ0n) is 8.57. The Balaban J connectivity index is 0. The molecule has 4 nitrogen and oxygen atoms in total. The average Bonchev–Trinajstić information content (AvgIpc) is 2.04. The Kier molecular flexibility index (Phi) is 11.8. The smallest absolute Gasteiger partial charge is 0.264 e. The predicted molar refractivity (Wildman–Crippen MR) is 60.0 cm³/mol. The van der Waals surface area contributed by atoms with E-state index in [2.05, 4.69) is 18.5 Å². The minimum absolute atomic E-state index is 0.132. The van der Waals surface area contributed by atoms with Crippen LogP contribution in [0.2, 0.25) is 0 Å². The maximum absolute atomic E-state index is 9.79. The SMILES string of the molecule is C=CCNCC=C.CCCS(=O)(=O)O. The Morgan fingerprint density at radius 3 is 1.86 bits per heavy atom. The van der Waals surface area contributed by atoms with Crippen molar-refractivity contribution >= 4 is 10.1 Å². The number of nitrogens with one attached hydrogen (secondary N) is 1. The zero-order valence-corrected chi connectivity index (χ0v) is 9.39. The quantitative estimate of drug-likeness (QED) is 0.402. The Labute approximate surface area is 86.5 Å². The minimum atomic E-state index is -3.67. The lowest BCUT2D eigenvalue weighted by Gasteiger charge is -1.90. The molecule has 5 heteroatoms. The monoisotopic (exact) mass is 221 g/mol. The standard InChI is InChI=1S/C6H11N.C3H8O3S/c1-3-5-7-6-4-2;1-2-3-7(4,5)6/h3-4,7H,1-2,5-6H2;2-3H2,1H3,(H,4,5,6). The second-order valence-electron chi connectivity index (χ2n) is 2.52. The fourth-order valence-corrected chi connectivity index (χ4v) is 1.06. The molecule has 2 N–H and O–H groups in total. The highest BCUT2D eigenvalue weighted by atomic mass is 32.2. The summed E-state index contributed by atoms with van der Waals surface area (Å²) >= 11 is 0. The maximum Gasteiger partial charge on any atom is 0.264 e. The summed E-state index contributed by atoms with van der Waals surface area (Å²) in [7, 11) is -3.67. The van der Waals surface area contributed by atoms with Crippen molar-refractivity contribution in [3.8, 4) is 0 Å². The lowest BCUT2D eigenvalue weighted by molar-refractivity contribution is 0.482. The highest BCUT2D eigenvalue weighted by Gasteiger charge is 1.98. The van der Waals surface area contributed by atoms with Crippen molar-refractivity contribution in [2.45, 2.75) is 13.3 Å². The van der Waals surface area contributed by atoms with Crippen molar-refractivity contribution in [3.05, 3.63) is 25.3 Å². The zero-order chi connectivity index (χ0) is 11.4. The summed E-state index contributed by atoms with van der Waals surface area (Å²) in [5, 5.41) is 3.05. The lowest BCUT2D eigenvalue weighted by Crippen LogP contribution is -2.11. The van der Waals surface area contributed by atoms with E-state index in [-0.39, 0.29) is 5.75 Å². The van der Waals surface area contributed by atoms with Crippen molar-refractivity contribution in [2.24, 2.45) is 0 Å². The summed E-state index contributed by atoms with van der Waals surface area (Å²) in [6.07, 6.45) is 4.12. The van der Waals surface area contributed by atoms with Crippen molar-refractivity contribution < 1.29 is 13.0 Å². The van der Waals surface area contributed by atoms with E-state index in [0.717, 1.165) is 13.1 Å². The van der Waals surface area contributed by atoms with Crippen LogP contribution in [0.5, 0.6) is 0 Å². The van der Waals surface area contributed by atoms with Crippen LogP contribution in [-0.2, 0) is 10.1 Å². The van der Waals surface area contributed by atoms with E-state index in [0.29, 0.717) is 6.42 Å². The van der Waals surface area contributed by atoms with Crippen molar-refractivity contribution in [1.82, 2.24) is 5.32 Å². The van der Waals surface area contributed by atoms with Crippen LogP contribution in [0.15, 0.2) is 25.3 Å². The summed E-state index contributed by atoms with van der Waals surface area (Å²) in [6, 6.07) is 0. The summed E-state index contributed by atoms with van der Waals surface area (Å²) in [5.41, 5.74) is 0. The van der Waals surface area contributed by atoms with Crippen LogP contribution in [0.25, 0.3) is 0 Å². The molecule has 0 saturated carbocycles. The van der Waals surface area contributed by atoms with Gasteiger partial charge < -0.3 is 5.32 Å². The molecule has 0 aliphatic rings. The molecule has 84 valence electrons. The molecular weight excluding hydrogens is 202 g/mol. The normalized spacial score (nSPS) is 9.86. The van der Waals surface area contributed by atoms with Crippen LogP contribution in [0, 0.1) is 0 Å². The topological polar surface area (TPSA) is 66.4 Å². The van der Waals surface area contributed by atoms with Crippen LogP contribution in [0.1, 0.15) is 13.3 Å². The molecule has 0 aliphatic heterocycles. The molecule has 0 aliphatic carbocycles. The van der Waals surface area contributed by atoms with E-state index in [9.17, 15) is 8.42 Å². The van der Waals surface area contributed by atoms with Gasteiger partial charge >= 0.3 is 0 Å². The fraction of sp³-hybridized carbons (Fsp3) is 0.556. The van der Waals surface area contributed by atoms with Crippen LogP contribution in [-0.4, -0.2) is 31.8 Å². The van der Waals surface area contributed by atoms with Crippen LogP contribution < -0.4 is 5.32 Å². The second kappa shape index (κ2) is 10.4. The molecule has 0 fully saturated rings. The molecular formula is C9H19NO3S. The van der Waals surface area contributed by atoms with Gasteiger partial charge in [-0.1, -0.05) is 19.1 Å². The molecule has 0 spiro atoms. The third kappa shape index (κ3) is 22.5. The van der Waals surface area contributed by atoms with Crippen molar-refractivity contribution in [2.75, 3.05) is 18.8 Å². The van der Waals surface area contributed by atoms with E-state index in [1.54, 1.807) is 6.92 Å². The lowest BCUT2D eigenvalue weighted by atomic mass is 10.5. The molecule has 0 radical (unpaired) electrons. The van der Waals surface area contributed by atoms with E-state index in [1.807, 2.05) is 12.2 Å². The molecule has 0 aromatic carbocycles. The molecule has 0 unspecified atom stereocenters. The van der Waals surface area contributed by atoms with Gasteiger partial charge in [-0.3, -0.25) is 4.55 Å². The number of hydrogen-bond acceptors (Lipinski definition) is 3. The van der Waals surface area contributed by atoms with Gasteiger partial charge in [0.2, 0.25) is 0 Å². The van der Waals surface area contributed by atoms with Gasteiger partial charge in [-0.25, -0.2) is 0 Å². The highest BCUT2D eigenvalue weighted by molar-refractivity contribution is 7.85. The molecule has 0 aromatic heterocycles. The van der Waals surface area contributed by atoms with Crippen LogP contribution in [0.3, 0.4) is 0 Å². The average molecular weight is 221 g/mol. The van der Waals surface area contributed by atoms with Gasteiger partial charge in [-0.15, -0.1) is 13.2 Å². The molecule has 0 saturated heterocycles. The molecule has 0 heterocycles. The van der Waals surface area contributed by atoms with Gasteiger partial charge in [-0.2, -0.15) is 8.42 Å². The van der Waals surface area contributed by atoms with Crippen molar-refractivity contribution in [3.63, 3.8) is 0 Å². The molecule has 0 aromatic rings. The first-order valence-electron chi connectivity index (χ1n) is 4.35. The van der Waals surface area contributed by atoms with E-state index >= 15 is 0 Å². The number of hydrogen-bond donors (Lipinski definition) is 2. The number of rotatable bonds is 6. The van der Waals surface area contributed by atoms with Crippen molar-refractivity contribution in [1.29, 1.82) is 0 Å². The van der Waals surface area contributed by atoms with Gasteiger partial charge in [-0.05, 0) is 6.42 Å². The fourth-order valence-electron chi connectivity index (χ4n) is 0.545. The van der Waals surface area contributed by atoms with Gasteiger partial charge in [0.1, 0.15) is 0 Å². The van der Waals surface area contributed by atoms with E-state index in [1.165, 1.54) is 0 Å². The van der Waals surface area contributed by atoms with Gasteiger partial charge in [0, 0.05) is 13.1 Å². The van der Waals surface area contributed by atoms with E-state index < -0.39 is 10.1 Å². The molecule has 0 atom stereocenters. The Hall–Kier alpha value is -0.650. The largest absolute Gasteiger partial charge is 0.310 e. The minimum Gasteiger partial charge on any atom is -0.310 e. The second-order valence-corrected chi connectivity index (χ2v) is 4.09. The molecule has 14 heavy (non-hydrogen) atoms. The molecule has 0 rings (SSSR count). The predicted octanol–water partition coefficient (Wildman–Crippen LogP) is 1.23. The summed E-state index contributed by atoms with van der Waals surface area (Å²) in [6.45, 7) is 10.5. The maximum atomic E-state index is 9.79. The summed E-state index contributed by atoms with van der Waals surface area (Å²) < 4.78 is 27.6. The third-order valence-electron chi connectivity index (χ3n) is 1.04. The summed E-state index contributed by atoms with van der Waals surface area (Å²) in [4.78, 5) is 0. The summed E-state index contributed by atoms with van der Waals surface area (Å²) in [5.74, 6) is -0.132. The Morgan fingerprint density at radius 2 is 1.71 bits per heavy atom. The molecule has 0 bridgehead atoms. The van der Waals surface area contributed by atoms with E-state index in [4.69, 9.17) is 4.55 Å².